The molecular weight excluding hydrogens is 190 g/mol. The Bertz CT molecular complexity index is 280. The fourth-order valence-corrected chi connectivity index (χ4v) is 1.93. The summed E-state index contributed by atoms with van der Waals surface area (Å²) in [4.78, 5) is 2.72. The second kappa shape index (κ2) is 3.38. The van der Waals surface area contributed by atoms with Crippen molar-refractivity contribution in [2.24, 2.45) is 5.11 Å². The van der Waals surface area contributed by atoms with Crippen LogP contribution < -0.4 is 0 Å². The van der Waals surface area contributed by atoms with Crippen molar-refractivity contribution in [3.8, 4) is 0 Å². The van der Waals surface area contributed by atoms with Crippen LogP contribution in [0.3, 0.4) is 0 Å². The van der Waals surface area contributed by atoms with Crippen LogP contribution in [0.25, 0.3) is 10.4 Å². The zero-order valence-electron chi connectivity index (χ0n) is 7.66. The molecule has 0 spiro atoms. The molecule has 2 aliphatic rings. The quantitative estimate of drug-likeness (QED) is 0.388. The molecule has 78 valence electrons. The Kier molecular flexibility index (Phi) is 2.34. The summed E-state index contributed by atoms with van der Waals surface area (Å²) in [6.45, 7) is -0.00917. The predicted molar refractivity (Wildman–Crippen MR) is 44.4 cm³/mol. The van der Waals surface area contributed by atoms with Crippen LogP contribution >= 0.6 is 0 Å². The van der Waals surface area contributed by atoms with Gasteiger partial charge in [0.2, 0.25) is 0 Å². The Morgan fingerprint density at radius 2 is 2.57 bits per heavy atom. The highest BCUT2D eigenvalue weighted by Crippen LogP contribution is 2.41. The molecule has 0 aromatic heterocycles. The lowest BCUT2D eigenvalue weighted by atomic mass is 9.98. The first-order valence-corrected chi connectivity index (χ1v) is 4.25. The maximum atomic E-state index is 9.21. The molecule has 1 N–H and O–H groups in total. The molecule has 2 heterocycles. The third kappa shape index (κ3) is 1.11. The number of nitrogens with zero attached hydrogens (tertiary/aromatic N) is 3. The third-order valence-corrected chi connectivity index (χ3v) is 2.67. The van der Waals surface area contributed by atoms with E-state index in [4.69, 9.17) is 19.7 Å². The normalized spacial score (nSPS) is 45.1. The molecule has 14 heavy (non-hydrogen) atoms. The molecule has 2 fully saturated rings. The van der Waals surface area contributed by atoms with Crippen LogP contribution in [0.2, 0.25) is 0 Å². The van der Waals surface area contributed by atoms with Gasteiger partial charge in [-0.05, 0) is 5.53 Å². The molecule has 0 radical (unpaired) electrons. The minimum absolute atomic E-state index is 0.234. The second-order valence-corrected chi connectivity index (χ2v) is 3.37. The Balaban J connectivity index is 2.27. The van der Waals surface area contributed by atoms with Gasteiger partial charge in [-0.25, -0.2) is 0 Å². The molecule has 4 atom stereocenters. The number of rotatable bonds is 3. The summed E-state index contributed by atoms with van der Waals surface area (Å²) >= 11 is 0. The molecule has 0 amide bonds. The molecule has 2 rings (SSSR count). The predicted octanol–water partition coefficient (Wildman–Crippen LogP) is -0.202. The first kappa shape index (κ1) is 9.70. The van der Waals surface area contributed by atoms with Crippen LogP contribution in [0.4, 0.5) is 0 Å². The van der Waals surface area contributed by atoms with E-state index in [1.54, 1.807) is 0 Å². The fourth-order valence-electron chi connectivity index (χ4n) is 1.93. The van der Waals surface area contributed by atoms with Gasteiger partial charge in [-0.15, -0.1) is 0 Å². The largest absolute Gasteiger partial charge is 0.393 e. The first-order chi connectivity index (χ1) is 6.77. The molecule has 0 saturated carbocycles. The molecule has 1 unspecified atom stereocenters. The lowest BCUT2D eigenvalue weighted by Crippen LogP contribution is -2.43. The number of methoxy groups -OCH3 is 1. The van der Waals surface area contributed by atoms with Crippen LogP contribution in [-0.4, -0.2) is 49.5 Å². The van der Waals surface area contributed by atoms with Crippen molar-refractivity contribution in [3.63, 3.8) is 0 Å². The molecule has 2 bridgehead atoms. The van der Waals surface area contributed by atoms with E-state index < -0.39 is 24.0 Å². The van der Waals surface area contributed by atoms with Gasteiger partial charge in [0.05, 0.1) is 13.2 Å². The van der Waals surface area contributed by atoms with E-state index in [-0.39, 0.29) is 13.2 Å². The molecule has 7 nitrogen and oxygen atoms in total. The maximum Gasteiger partial charge on any atom is 0.184 e. The number of hydrogen-bond acceptors (Lipinski definition) is 5. The summed E-state index contributed by atoms with van der Waals surface area (Å²) in [5.41, 5.74) is 7.46. The average Bonchev–Trinajstić information content (AvgIpc) is 2.72. The minimum Gasteiger partial charge on any atom is -0.393 e. The Hall–Kier alpha value is -0.850. The number of azide groups is 1. The first-order valence-electron chi connectivity index (χ1n) is 4.25. The highest BCUT2D eigenvalue weighted by atomic mass is 16.7. The molecule has 0 aromatic rings. The van der Waals surface area contributed by atoms with E-state index in [0.717, 1.165) is 0 Å². The summed E-state index contributed by atoms with van der Waals surface area (Å²) in [5, 5.41) is 12.8. The average molecular weight is 201 g/mol. The van der Waals surface area contributed by atoms with Crippen molar-refractivity contribution in [1.82, 2.24) is 0 Å². The standard InChI is InChI=1S/C7H11N3O4/c1-12-6-4-5(9-10-8)7(2-11,14-6)3-13-4/h4-6,11H,2-3H2,1H3/t4-,5+,6?,7+/m1/s1. The third-order valence-electron chi connectivity index (χ3n) is 2.67. The highest BCUT2D eigenvalue weighted by molar-refractivity contribution is 5.09. The van der Waals surface area contributed by atoms with Gasteiger partial charge < -0.3 is 19.3 Å². The van der Waals surface area contributed by atoms with Crippen LogP contribution in [-0.2, 0) is 14.2 Å². The van der Waals surface area contributed by atoms with E-state index in [1.807, 2.05) is 0 Å². The van der Waals surface area contributed by atoms with Crippen molar-refractivity contribution < 1.29 is 19.3 Å². The number of aliphatic hydroxyl groups excluding tert-OH is 1. The number of fused-ring (bicyclic) bond motifs is 2. The molecule has 7 heteroatoms. The smallest absolute Gasteiger partial charge is 0.184 e. The van der Waals surface area contributed by atoms with E-state index in [1.165, 1.54) is 7.11 Å². The lowest BCUT2D eigenvalue weighted by Gasteiger charge is -2.28. The molecule has 2 saturated heterocycles. The number of aliphatic hydroxyl groups is 1. The zero-order chi connectivity index (χ0) is 10.2. The minimum atomic E-state index is -0.919. The van der Waals surface area contributed by atoms with Gasteiger partial charge in [-0.3, -0.25) is 0 Å². The van der Waals surface area contributed by atoms with Gasteiger partial charge in [-0.1, -0.05) is 5.11 Å². The van der Waals surface area contributed by atoms with E-state index >= 15 is 0 Å². The summed E-state index contributed by atoms with van der Waals surface area (Å²) in [6, 6.07) is -0.512. The molecule has 0 aromatic carbocycles. The second-order valence-electron chi connectivity index (χ2n) is 3.37. The van der Waals surface area contributed by atoms with Gasteiger partial charge in [0.25, 0.3) is 0 Å². The maximum absolute atomic E-state index is 9.21. The molecule has 0 aliphatic carbocycles. The van der Waals surface area contributed by atoms with Crippen LogP contribution in [0.1, 0.15) is 0 Å². The van der Waals surface area contributed by atoms with Crippen molar-refractivity contribution in [1.29, 1.82) is 0 Å². The summed E-state index contributed by atoms with van der Waals surface area (Å²) in [5.74, 6) is 0. The van der Waals surface area contributed by atoms with Crippen LogP contribution in [0.5, 0.6) is 0 Å². The van der Waals surface area contributed by atoms with Crippen molar-refractivity contribution in [3.05, 3.63) is 10.4 Å². The molecular formula is C7H11N3O4. The Labute approximate surface area is 80.2 Å². The highest BCUT2D eigenvalue weighted by Gasteiger charge is 2.61. The van der Waals surface area contributed by atoms with E-state index in [2.05, 4.69) is 10.0 Å². The topological polar surface area (TPSA) is 96.7 Å². The van der Waals surface area contributed by atoms with Crippen molar-refractivity contribution in [2.45, 2.75) is 24.0 Å². The van der Waals surface area contributed by atoms with Crippen LogP contribution in [0.15, 0.2) is 5.11 Å². The molecule has 2 aliphatic heterocycles. The summed E-state index contributed by atoms with van der Waals surface area (Å²) in [7, 11) is 1.48. The van der Waals surface area contributed by atoms with Gasteiger partial charge in [0.1, 0.15) is 17.7 Å². The van der Waals surface area contributed by atoms with Gasteiger partial charge in [0.15, 0.2) is 6.29 Å². The van der Waals surface area contributed by atoms with Crippen LogP contribution in [0, 0.1) is 0 Å². The lowest BCUT2D eigenvalue weighted by molar-refractivity contribution is -0.241. The van der Waals surface area contributed by atoms with E-state index in [9.17, 15) is 5.11 Å². The number of hydrogen-bond donors (Lipinski definition) is 1. The Morgan fingerprint density at radius 3 is 3.14 bits per heavy atom. The van der Waals surface area contributed by atoms with Gasteiger partial charge in [-0.2, -0.15) is 0 Å². The summed E-state index contributed by atoms with van der Waals surface area (Å²) < 4.78 is 15.8. The zero-order valence-corrected chi connectivity index (χ0v) is 7.66. The van der Waals surface area contributed by atoms with Crippen molar-refractivity contribution in [2.75, 3.05) is 20.3 Å². The fraction of sp³-hybridized carbons (Fsp3) is 1.00. The van der Waals surface area contributed by atoms with E-state index in [0.29, 0.717) is 0 Å². The SMILES string of the molecule is COC1O[C@@]2(CO)CO[C@@H]1[C@@H]2N=[N+]=[N-]. The monoisotopic (exact) mass is 201 g/mol. The Morgan fingerprint density at radius 1 is 1.79 bits per heavy atom. The van der Waals surface area contributed by atoms with Crippen molar-refractivity contribution >= 4 is 0 Å². The van der Waals surface area contributed by atoms with Gasteiger partial charge >= 0.3 is 0 Å². The summed E-state index contributed by atoms with van der Waals surface area (Å²) in [6.07, 6.45) is -0.977. The number of ether oxygens (including phenoxy) is 3. The van der Waals surface area contributed by atoms with Gasteiger partial charge in [0, 0.05) is 12.0 Å².